The van der Waals surface area contributed by atoms with Crippen molar-refractivity contribution in [3.63, 3.8) is 0 Å². The van der Waals surface area contributed by atoms with E-state index in [0.717, 1.165) is 16.5 Å². The lowest BCUT2D eigenvalue weighted by molar-refractivity contribution is 0.272. The molecule has 0 aliphatic carbocycles. The van der Waals surface area contributed by atoms with Gasteiger partial charge in [0.25, 0.3) is 0 Å². The van der Waals surface area contributed by atoms with Crippen molar-refractivity contribution in [1.29, 1.82) is 0 Å². The molecule has 0 fully saturated rings. The largest absolute Gasteiger partial charge is 0.486 e. The number of rotatable bonds is 4. The van der Waals surface area contributed by atoms with E-state index in [1.165, 1.54) is 6.07 Å². The molecule has 108 valence electrons. The first-order chi connectivity index (χ1) is 10.2. The Morgan fingerprint density at radius 1 is 1.19 bits per heavy atom. The molecule has 0 spiro atoms. The molecule has 2 N–H and O–H groups in total. The zero-order valence-electron chi connectivity index (χ0n) is 11.1. The Hall–Kier alpha value is -1.85. The zero-order chi connectivity index (χ0) is 14.8. The van der Waals surface area contributed by atoms with Crippen LogP contribution in [0.25, 0.3) is 11.0 Å². The molecule has 3 aromatic rings. The van der Waals surface area contributed by atoms with E-state index in [-0.39, 0.29) is 12.4 Å². The van der Waals surface area contributed by atoms with Gasteiger partial charge >= 0.3 is 0 Å². The molecule has 3 nitrogen and oxygen atoms in total. The number of halogens is 2. The number of fused-ring (bicyclic) bond motifs is 1. The molecule has 5 heteroatoms. The summed E-state index contributed by atoms with van der Waals surface area (Å²) in [7, 11) is 0. The van der Waals surface area contributed by atoms with Gasteiger partial charge in [-0.3, -0.25) is 0 Å². The molecule has 0 saturated carbocycles. The van der Waals surface area contributed by atoms with Gasteiger partial charge in [0.2, 0.25) is 0 Å². The normalized spacial score (nSPS) is 11.0. The fraction of sp³-hybridized carbons (Fsp3) is 0.125. The van der Waals surface area contributed by atoms with Crippen LogP contribution in [0, 0.1) is 5.82 Å². The molecule has 0 unspecified atom stereocenters. The number of hydrogen-bond donors (Lipinski definition) is 1. The SMILES string of the molecule is NCc1c(COc2ccc(F)c(Br)c2)oc2ccccc12. The van der Waals surface area contributed by atoms with Crippen LogP contribution in [0.15, 0.2) is 51.4 Å². The van der Waals surface area contributed by atoms with Gasteiger partial charge in [-0.25, -0.2) is 4.39 Å². The molecule has 0 radical (unpaired) electrons. The molecule has 0 bridgehead atoms. The molecular weight excluding hydrogens is 337 g/mol. The maximum Gasteiger partial charge on any atom is 0.147 e. The Labute approximate surface area is 129 Å². The quantitative estimate of drug-likeness (QED) is 0.760. The molecule has 3 rings (SSSR count). The minimum absolute atomic E-state index is 0.249. The summed E-state index contributed by atoms with van der Waals surface area (Å²) in [6.07, 6.45) is 0. The lowest BCUT2D eigenvalue weighted by Crippen LogP contribution is -2.02. The van der Waals surface area contributed by atoms with Crippen LogP contribution in [0.2, 0.25) is 0 Å². The van der Waals surface area contributed by atoms with Gasteiger partial charge < -0.3 is 14.9 Å². The average molecular weight is 350 g/mol. The first kappa shape index (κ1) is 14.1. The van der Waals surface area contributed by atoms with Crippen LogP contribution >= 0.6 is 15.9 Å². The third-order valence-electron chi connectivity index (χ3n) is 3.25. The fourth-order valence-corrected chi connectivity index (χ4v) is 2.56. The summed E-state index contributed by atoms with van der Waals surface area (Å²) >= 11 is 3.13. The first-order valence-electron chi connectivity index (χ1n) is 6.46. The van der Waals surface area contributed by atoms with E-state index in [4.69, 9.17) is 14.9 Å². The molecule has 21 heavy (non-hydrogen) atoms. The van der Waals surface area contributed by atoms with Crippen molar-refractivity contribution in [3.8, 4) is 5.75 Å². The number of benzene rings is 2. The second-order valence-electron chi connectivity index (χ2n) is 4.57. The van der Waals surface area contributed by atoms with Gasteiger partial charge in [-0.05, 0) is 40.2 Å². The van der Waals surface area contributed by atoms with E-state index in [9.17, 15) is 4.39 Å². The van der Waals surface area contributed by atoms with Crippen molar-refractivity contribution >= 4 is 26.9 Å². The molecule has 0 aliphatic heterocycles. The van der Waals surface area contributed by atoms with Crippen LogP contribution in [0.3, 0.4) is 0 Å². The van der Waals surface area contributed by atoms with Crippen molar-refractivity contribution in [1.82, 2.24) is 0 Å². The third kappa shape index (κ3) is 2.80. The zero-order valence-corrected chi connectivity index (χ0v) is 12.7. The second-order valence-corrected chi connectivity index (χ2v) is 5.42. The van der Waals surface area contributed by atoms with E-state index in [2.05, 4.69) is 15.9 Å². The predicted molar refractivity (Wildman–Crippen MR) is 82.5 cm³/mol. The number of nitrogens with two attached hydrogens (primary N) is 1. The summed E-state index contributed by atoms with van der Waals surface area (Å²) in [6.45, 7) is 0.627. The minimum atomic E-state index is -0.325. The Balaban J connectivity index is 1.86. The summed E-state index contributed by atoms with van der Waals surface area (Å²) in [4.78, 5) is 0. The summed E-state index contributed by atoms with van der Waals surface area (Å²) in [5.74, 6) is 0.930. The summed E-state index contributed by atoms with van der Waals surface area (Å²) < 4.78 is 25.0. The van der Waals surface area contributed by atoms with Gasteiger partial charge in [-0.2, -0.15) is 0 Å². The predicted octanol–water partition coefficient (Wildman–Crippen LogP) is 4.37. The van der Waals surface area contributed by atoms with Crippen molar-refractivity contribution in [2.75, 3.05) is 0 Å². The van der Waals surface area contributed by atoms with Crippen LogP contribution in [0.5, 0.6) is 5.75 Å². The Kier molecular flexibility index (Phi) is 3.94. The highest BCUT2D eigenvalue weighted by Gasteiger charge is 2.13. The smallest absolute Gasteiger partial charge is 0.147 e. The molecule has 0 amide bonds. The van der Waals surface area contributed by atoms with Crippen molar-refractivity contribution in [2.24, 2.45) is 5.73 Å². The monoisotopic (exact) mass is 349 g/mol. The Morgan fingerprint density at radius 3 is 2.76 bits per heavy atom. The van der Waals surface area contributed by atoms with Gasteiger partial charge in [0, 0.05) is 17.5 Å². The molecule has 1 heterocycles. The molecule has 0 atom stereocenters. The van der Waals surface area contributed by atoms with E-state index in [1.807, 2.05) is 24.3 Å². The number of furan rings is 1. The first-order valence-corrected chi connectivity index (χ1v) is 7.25. The van der Waals surface area contributed by atoms with Crippen molar-refractivity contribution in [3.05, 3.63) is 64.1 Å². The van der Waals surface area contributed by atoms with Crippen molar-refractivity contribution < 1.29 is 13.5 Å². The Morgan fingerprint density at radius 2 is 2.00 bits per heavy atom. The summed E-state index contributed by atoms with van der Waals surface area (Å²) in [5, 5.41) is 0.999. The van der Waals surface area contributed by atoms with Crippen molar-refractivity contribution in [2.45, 2.75) is 13.2 Å². The maximum absolute atomic E-state index is 13.2. The highest BCUT2D eigenvalue weighted by molar-refractivity contribution is 9.10. The number of para-hydroxylation sites is 1. The van der Waals surface area contributed by atoms with Crippen LogP contribution in [0.4, 0.5) is 4.39 Å². The van der Waals surface area contributed by atoms with Crippen LogP contribution in [-0.2, 0) is 13.2 Å². The van der Waals surface area contributed by atoms with Gasteiger partial charge in [0.1, 0.15) is 29.5 Å². The van der Waals surface area contributed by atoms with Crippen LogP contribution in [0.1, 0.15) is 11.3 Å². The Bertz CT molecular complexity index is 785. The second kappa shape index (κ2) is 5.87. The molecule has 1 aromatic heterocycles. The maximum atomic E-state index is 13.2. The highest BCUT2D eigenvalue weighted by Crippen LogP contribution is 2.27. The third-order valence-corrected chi connectivity index (χ3v) is 3.85. The minimum Gasteiger partial charge on any atom is -0.486 e. The van der Waals surface area contributed by atoms with Gasteiger partial charge in [0.05, 0.1) is 4.47 Å². The fourth-order valence-electron chi connectivity index (χ4n) is 2.21. The standard InChI is InChI=1S/C16H13BrFNO2/c17-13-7-10(5-6-14(13)18)20-9-16-12(8-19)11-3-1-2-4-15(11)21-16/h1-7H,8-9,19H2. The molecule has 2 aromatic carbocycles. The van der Waals surface area contributed by atoms with E-state index >= 15 is 0 Å². The average Bonchev–Trinajstić information content (AvgIpc) is 2.86. The van der Waals surface area contributed by atoms with E-state index < -0.39 is 0 Å². The van der Waals surface area contributed by atoms with Crippen LogP contribution < -0.4 is 10.5 Å². The van der Waals surface area contributed by atoms with E-state index in [0.29, 0.717) is 22.5 Å². The molecular formula is C16H13BrFNO2. The highest BCUT2D eigenvalue weighted by atomic mass is 79.9. The summed E-state index contributed by atoms with van der Waals surface area (Å²) in [5.41, 5.74) is 7.53. The lowest BCUT2D eigenvalue weighted by atomic mass is 10.1. The van der Waals surface area contributed by atoms with Gasteiger partial charge in [-0.1, -0.05) is 18.2 Å². The topological polar surface area (TPSA) is 48.4 Å². The number of hydrogen-bond acceptors (Lipinski definition) is 3. The van der Waals surface area contributed by atoms with Gasteiger partial charge in [-0.15, -0.1) is 0 Å². The lowest BCUT2D eigenvalue weighted by Gasteiger charge is -2.06. The molecule has 0 aliphatic rings. The van der Waals surface area contributed by atoms with Crippen LogP contribution in [-0.4, -0.2) is 0 Å². The van der Waals surface area contributed by atoms with Gasteiger partial charge in [0.15, 0.2) is 0 Å². The molecule has 0 saturated heterocycles. The number of ether oxygens (including phenoxy) is 1. The summed E-state index contributed by atoms with van der Waals surface area (Å²) in [6, 6.07) is 12.2. The van der Waals surface area contributed by atoms with E-state index in [1.54, 1.807) is 12.1 Å².